The van der Waals surface area contributed by atoms with Gasteiger partial charge in [-0.15, -0.1) is 0 Å². The Morgan fingerprint density at radius 2 is 1.82 bits per heavy atom. The molecule has 1 aliphatic heterocycles. The summed E-state index contributed by atoms with van der Waals surface area (Å²) >= 11 is 12.5. The first kappa shape index (κ1) is 31.0. The highest BCUT2D eigenvalue weighted by Gasteiger charge is 2.34. The minimum absolute atomic E-state index is 0.197. The number of benzene rings is 4. The van der Waals surface area contributed by atoms with Gasteiger partial charge in [0.1, 0.15) is 18.4 Å². The molecule has 1 aliphatic rings. The number of allylic oxidation sites excluding steroid dienone is 1. The zero-order valence-corrected chi connectivity index (χ0v) is 29.5. The van der Waals surface area contributed by atoms with Crippen molar-refractivity contribution in [1.29, 1.82) is 0 Å². The molecule has 6 rings (SSSR count). The van der Waals surface area contributed by atoms with Crippen molar-refractivity contribution in [2.24, 2.45) is 4.99 Å². The van der Waals surface area contributed by atoms with Crippen LogP contribution in [0.1, 0.15) is 36.6 Å². The van der Waals surface area contributed by atoms with Gasteiger partial charge in [-0.05, 0) is 105 Å². The van der Waals surface area contributed by atoms with Gasteiger partial charge in [-0.2, -0.15) is 0 Å². The molecule has 1 atom stereocenters. The Morgan fingerprint density at radius 3 is 2.61 bits per heavy atom. The third-order valence-corrected chi connectivity index (χ3v) is 10.0. The van der Waals surface area contributed by atoms with Crippen LogP contribution in [0.2, 0.25) is 5.02 Å². The van der Waals surface area contributed by atoms with E-state index in [4.69, 9.17) is 21.1 Å². The number of halogens is 3. The quantitative estimate of drug-likeness (QED) is 0.127. The van der Waals surface area contributed by atoms with Crippen LogP contribution in [0.15, 0.2) is 99.9 Å². The number of carbonyl (C=O) groups excluding carboxylic acids is 1. The highest BCUT2D eigenvalue weighted by Crippen LogP contribution is 2.35. The van der Waals surface area contributed by atoms with Crippen LogP contribution in [0.4, 0.5) is 0 Å². The Morgan fingerprint density at radius 1 is 1.07 bits per heavy atom. The van der Waals surface area contributed by atoms with Crippen molar-refractivity contribution in [2.75, 3.05) is 6.61 Å². The molecule has 0 unspecified atom stereocenters. The fourth-order valence-corrected chi connectivity index (χ4v) is 8.65. The number of fused-ring (bicyclic) bond motifs is 2. The SMILES string of the molecule is CCOC(=O)C1=C(C)N=c2s/c(=C\c3cc(I)cc(I)c3OCc3cccc4ccccc34)c(=O)n2[C@H]1c1ccccc1Cl. The second-order valence-corrected chi connectivity index (χ2v) is 13.9. The first-order valence-electron chi connectivity index (χ1n) is 13.8. The Labute approximate surface area is 290 Å². The average Bonchev–Trinajstić information content (AvgIpc) is 3.30. The monoisotopic (exact) mass is 846 g/mol. The summed E-state index contributed by atoms with van der Waals surface area (Å²) in [7, 11) is 0. The van der Waals surface area contributed by atoms with Crippen molar-refractivity contribution >= 4 is 90.9 Å². The van der Waals surface area contributed by atoms with Gasteiger partial charge in [-0.3, -0.25) is 9.36 Å². The third-order valence-electron chi connectivity index (χ3n) is 7.29. The third kappa shape index (κ3) is 5.99. The minimum atomic E-state index is -0.778. The van der Waals surface area contributed by atoms with Crippen molar-refractivity contribution < 1.29 is 14.3 Å². The molecule has 10 heteroatoms. The molecule has 0 fully saturated rings. The number of carbonyl (C=O) groups is 1. The van der Waals surface area contributed by atoms with Gasteiger partial charge in [0, 0.05) is 14.2 Å². The summed E-state index contributed by atoms with van der Waals surface area (Å²) in [4.78, 5) is 32.5. The number of hydrogen-bond acceptors (Lipinski definition) is 6. The van der Waals surface area contributed by atoms with E-state index in [2.05, 4.69) is 74.4 Å². The van der Waals surface area contributed by atoms with Gasteiger partial charge < -0.3 is 9.47 Å². The van der Waals surface area contributed by atoms with E-state index in [-0.39, 0.29) is 12.2 Å². The lowest BCUT2D eigenvalue weighted by atomic mass is 9.96. The van der Waals surface area contributed by atoms with E-state index in [1.807, 2.05) is 54.6 Å². The summed E-state index contributed by atoms with van der Waals surface area (Å²) < 4.78 is 15.8. The summed E-state index contributed by atoms with van der Waals surface area (Å²) in [5.41, 5.74) is 2.99. The fourth-order valence-electron chi connectivity index (χ4n) is 5.33. The van der Waals surface area contributed by atoms with Gasteiger partial charge in [0.05, 0.1) is 26.0 Å². The van der Waals surface area contributed by atoms with Crippen LogP contribution in [0.25, 0.3) is 16.8 Å². The van der Waals surface area contributed by atoms with E-state index in [0.717, 1.165) is 29.0 Å². The van der Waals surface area contributed by atoms with Gasteiger partial charge in [0.25, 0.3) is 5.56 Å². The van der Waals surface area contributed by atoms with Crippen LogP contribution in [-0.4, -0.2) is 17.1 Å². The first-order chi connectivity index (χ1) is 21.3. The van der Waals surface area contributed by atoms with Gasteiger partial charge in [0.2, 0.25) is 0 Å². The van der Waals surface area contributed by atoms with Gasteiger partial charge >= 0.3 is 5.97 Å². The molecule has 4 aromatic carbocycles. The summed E-state index contributed by atoms with van der Waals surface area (Å²) in [6, 6.07) is 24.9. The molecular formula is C34H25ClI2N2O4S. The minimum Gasteiger partial charge on any atom is -0.487 e. The molecule has 0 radical (unpaired) electrons. The zero-order valence-electron chi connectivity index (χ0n) is 23.6. The predicted molar refractivity (Wildman–Crippen MR) is 192 cm³/mol. The lowest BCUT2D eigenvalue weighted by molar-refractivity contribution is -0.139. The number of nitrogens with zero attached hydrogens (tertiary/aromatic N) is 2. The summed E-state index contributed by atoms with van der Waals surface area (Å²) in [6.45, 7) is 4.07. The van der Waals surface area contributed by atoms with E-state index >= 15 is 0 Å². The van der Waals surface area contributed by atoms with Crippen LogP contribution in [0.5, 0.6) is 5.75 Å². The first-order valence-corrected chi connectivity index (χ1v) is 17.1. The topological polar surface area (TPSA) is 69.9 Å². The highest BCUT2D eigenvalue weighted by molar-refractivity contribution is 14.1. The second kappa shape index (κ2) is 13.2. The largest absolute Gasteiger partial charge is 0.487 e. The van der Waals surface area contributed by atoms with Crippen molar-refractivity contribution in [1.82, 2.24) is 4.57 Å². The summed E-state index contributed by atoms with van der Waals surface area (Å²) in [5.74, 6) is 0.167. The summed E-state index contributed by atoms with van der Waals surface area (Å²) in [5, 5.41) is 2.73. The predicted octanol–water partition coefficient (Wildman–Crippen LogP) is 7.39. The van der Waals surface area contributed by atoms with Crippen molar-refractivity contribution in [2.45, 2.75) is 26.5 Å². The van der Waals surface area contributed by atoms with Crippen LogP contribution >= 0.6 is 68.1 Å². The maximum Gasteiger partial charge on any atom is 0.338 e. The molecule has 0 amide bonds. The zero-order chi connectivity index (χ0) is 31.0. The fraction of sp³-hybridized carbons (Fsp3) is 0.147. The average molecular weight is 847 g/mol. The highest BCUT2D eigenvalue weighted by atomic mass is 127. The second-order valence-electron chi connectivity index (χ2n) is 10.1. The number of ether oxygens (including phenoxy) is 2. The molecule has 222 valence electrons. The molecule has 1 aromatic heterocycles. The van der Waals surface area contributed by atoms with Gasteiger partial charge in [0.15, 0.2) is 4.80 Å². The lowest BCUT2D eigenvalue weighted by Crippen LogP contribution is -2.40. The Hall–Kier alpha value is -3.00. The van der Waals surface area contributed by atoms with Gasteiger partial charge in [-0.1, -0.05) is 83.6 Å². The molecule has 0 saturated carbocycles. The van der Waals surface area contributed by atoms with E-state index in [1.165, 1.54) is 11.3 Å². The lowest BCUT2D eigenvalue weighted by Gasteiger charge is -2.25. The van der Waals surface area contributed by atoms with Crippen molar-refractivity contribution in [3.8, 4) is 5.75 Å². The molecule has 0 bridgehead atoms. The maximum atomic E-state index is 14.2. The number of esters is 1. The molecular weight excluding hydrogens is 822 g/mol. The van der Waals surface area contributed by atoms with Gasteiger partial charge in [-0.25, -0.2) is 9.79 Å². The molecule has 0 spiro atoms. The van der Waals surface area contributed by atoms with E-state index in [9.17, 15) is 9.59 Å². The van der Waals surface area contributed by atoms with Crippen LogP contribution in [-0.2, 0) is 16.1 Å². The molecule has 0 aliphatic carbocycles. The molecule has 2 heterocycles. The van der Waals surface area contributed by atoms with E-state index in [1.54, 1.807) is 24.5 Å². The Bertz CT molecular complexity index is 2150. The van der Waals surface area contributed by atoms with Crippen LogP contribution < -0.4 is 19.6 Å². The van der Waals surface area contributed by atoms with Crippen molar-refractivity contribution in [3.63, 3.8) is 0 Å². The normalized spacial score (nSPS) is 14.8. The molecule has 0 saturated heterocycles. The Balaban J connectivity index is 1.48. The molecule has 44 heavy (non-hydrogen) atoms. The maximum absolute atomic E-state index is 14.2. The standard InChI is InChI=1S/C34H25ClI2N2O4S/c1-3-42-33(41)29-19(2)38-34-39(30(29)25-13-6-7-14-26(25)35)32(40)28(44-34)16-22-15-23(36)17-27(37)31(22)43-18-21-11-8-10-20-9-4-5-12-24(20)21/h4-17,30H,3,18H2,1-2H3/b28-16-/t30-/m0/s1. The van der Waals surface area contributed by atoms with Crippen molar-refractivity contribution in [3.05, 3.63) is 139 Å². The van der Waals surface area contributed by atoms with E-state index < -0.39 is 12.0 Å². The van der Waals surface area contributed by atoms with Crippen LogP contribution in [0.3, 0.4) is 0 Å². The number of thiazole rings is 1. The number of hydrogen-bond donors (Lipinski definition) is 0. The summed E-state index contributed by atoms with van der Waals surface area (Å²) in [6.07, 6.45) is 1.85. The number of rotatable bonds is 7. The number of aromatic nitrogens is 1. The smallest absolute Gasteiger partial charge is 0.338 e. The molecule has 0 N–H and O–H groups in total. The molecule has 6 nitrogen and oxygen atoms in total. The van der Waals surface area contributed by atoms with E-state index in [0.29, 0.717) is 43.5 Å². The van der Waals surface area contributed by atoms with Crippen LogP contribution in [0, 0.1) is 7.14 Å². The Kier molecular flexibility index (Phi) is 9.27. The molecule has 5 aromatic rings.